The van der Waals surface area contributed by atoms with Gasteiger partial charge in [-0.3, -0.25) is 0 Å². The summed E-state index contributed by atoms with van der Waals surface area (Å²) in [5.74, 6) is 0. The zero-order chi connectivity index (χ0) is 14.1. The van der Waals surface area contributed by atoms with Crippen LogP contribution in [-0.2, 0) is 13.1 Å². The number of fused-ring (bicyclic) bond motifs is 1. The highest BCUT2D eigenvalue weighted by Crippen LogP contribution is 2.27. The highest BCUT2D eigenvalue weighted by molar-refractivity contribution is 6.36. The van der Waals surface area contributed by atoms with Crippen molar-refractivity contribution < 1.29 is 4.79 Å². The molecule has 0 aromatic heterocycles. The lowest BCUT2D eigenvalue weighted by atomic mass is 10.1. The van der Waals surface area contributed by atoms with E-state index >= 15 is 0 Å². The molecule has 0 atom stereocenters. The zero-order valence-electron chi connectivity index (χ0n) is 10.6. The van der Waals surface area contributed by atoms with E-state index in [9.17, 15) is 4.79 Å². The van der Waals surface area contributed by atoms with Gasteiger partial charge in [-0.15, -0.1) is 0 Å². The number of nitrogens with zero attached hydrogens (tertiary/aromatic N) is 1. The highest BCUT2D eigenvalue weighted by atomic mass is 35.5. The molecule has 102 valence electrons. The fraction of sp³-hybridized carbons (Fsp3) is 0.133. The molecular weight excluding hydrogens is 295 g/mol. The number of carbonyl (C=O) groups excluding carboxylic acids is 1. The molecule has 2 amide bonds. The second-order valence-electron chi connectivity index (χ2n) is 4.68. The lowest BCUT2D eigenvalue weighted by Crippen LogP contribution is -2.30. The molecule has 1 aliphatic heterocycles. The van der Waals surface area contributed by atoms with Gasteiger partial charge in [-0.25, -0.2) is 4.79 Å². The van der Waals surface area contributed by atoms with Crippen LogP contribution in [0.1, 0.15) is 11.1 Å². The van der Waals surface area contributed by atoms with Crippen molar-refractivity contribution in [2.75, 3.05) is 5.32 Å². The molecule has 1 N–H and O–H groups in total. The van der Waals surface area contributed by atoms with Crippen LogP contribution in [0.2, 0.25) is 10.0 Å². The second-order valence-corrected chi connectivity index (χ2v) is 5.52. The van der Waals surface area contributed by atoms with Crippen molar-refractivity contribution in [2.24, 2.45) is 0 Å². The number of amides is 2. The largest absolute Gasteiger partial charge is 0.322 e. The molecule has 0 saturated heterocycles. The van der Waals surface area contributed by atoms with E-state index in [0.717, 1.165) is 0 Å². The molecule has 0 unspecified atom stereocenters. The minimum atomic E-state index is -0.162. The predicted molar refractivity (Wildman–Crippen MR) is 81.2 cm³/mol. The normalized spacial score (nSPS) is 13.2. The van der Waals surface area contributed by atoms with Crippen molar-refractivity contribution in [1.29, 1.82) is 0 Å². The van der Waals surface area contributed by atoms with Crippen molar-refractivity contribution in [3.8, 4) is 0 Å². The maximum Gasteiger partial charge on any atom is 0.322 e. The molecule has 0 bridgehead atoms. The first-order chi connectivity index (χ1) is 9.63. The summed E-state index contributed by atoms with van der Waals surface area (Å²) < 4.78 is 0. The number of halogens is 2. The number of rotatable bonds is 1. The number of urea groups is 1. The third kappa shape index (κ3) is 2.60. The summed E-state index contributed by atoms with van der Waals surface area (Å²) in [7, 11) is 0. The molecule has 0 spiro atoms. The van der Waals surface area contributed by atoms with Gasteiger partial charge in [0, 0.05) is 18.1 Å². The molecule has 0 fully saturated rings. The molecule has 0 aliphatic carbocycles. The van der Waals surface area contributed by atoms with Crippen molar-refractivity contribution in [3.05, 3.63) is 63.6 Å². The van der Waals surface area contributed by atoms with E-state index in [0.29, 0.717) is 28.8 Å². The second kappa shape index (κ2) is 5.35. The van der Waals surface area contributed by atoms with Crippen LogP contribution in [0.25, 0.3) is 0 Å². The van der Waals surface area contributed by atoms with Crippen LogP contribution in [-0.4, -0.2) is 10.9 Å². The van der Waals surface area contributed by atoms with Crippen molar-refractivity contribution in [1.82, 2.24) is 4.90 Å². The van der Waals surface area contributed by atoms with Crippen LogP contribution in [0.4, 0.5) is 10.5 Å². The van der Waals surface area contributed by atoms with Crippen molar-refractivity contribution in [2.45, 2.75) is 13.1 Å². The average molecular weight is 307 g/mol. The average Bonchev–Trinajstić information content (AvgIpc) is 2.86. The van der Waals surface area contributed by atoms with Crippen LogP contribution in [0.3, 0.4) is 0 Å². The van der Waals surface area contributed by atoms with E-state index in [1.807, 2.05) is 24.3 Å². The van der Waals surface area contributed by atoms with E-state index in [2.05, 4.69) is 5.32 Å². The van der Waals surface area contributed by atoms with Gasteiger partial charge in [-0.05, 0) is 29.3 Å². The molecule has 2 aromatic rings. The van der Waals surface area contributed by atoms with Gasteiger partial charge in [0.05, 0.1) is 10.7 Å². The summed E-state index contributed by atoms with van der Waals surface area (Å²) >= 11 is 11.9. The van der Waals surface area contributed by atoms with E-state index < -0.39 is 0 Å². The lowest BCUT2D eigenvalue weighted by Gasteiger charge is -2.17. The van der Waals surface area contributed by atoms with Crippen LogP contribution < -0.4 is 5.32 Å². The first-order valence-electron chi connectivity index (χ1n) is 6.21. The Kier molecular flexibility index (Phi) is 3.55. The monoisotopic (exact) mass is 306 g/mol. The summed E-state index contributed by atoms with van der Waals surface area (Å²) in [6.45, 7) is 1.24. The van der Waals surface area contributed by atoms with Gasteiger partial charge < -0.3 is 10.2 Å². The quantitative estimate of drug-likeness (QED) is 0.824. The predicted octanol–water partition coefficient (Wildman–Crippen LogP) is 4.54. The maximum atomic E-state index is 12.2. The Hall–Kier alpha value is -1.71. The van der Waals surface area contributed by atoms with Gasteiger partial charge in [0.15, 0.2) is 0 Å². The van der Waals surface area contributed by atoms with Gasteiger partial charge >= 0.3 is 6.03 Å². The van der Waals surface area contributed by atoms with E-state index in [1.165, 1.54) is 11.1 Å². The fourth-order valence-corrected chi connectivity index (χ4v) is 2.72. The van der Waals surface area contributed by atoms with Crippen LogP contribution in [0.5, 0.6) is 0 Å². The van der Waals surface area contributed by atoms with Crippen LogP contribution >= 0.6 is 23.2 Å². The first kappa shape index (κ1) is 13.3. The standard InChI is InChI=1S/C15H12Cl2N2O/c16-12-5-6-14(13(17)7-12)18-15(20)19-8-10-3-1-2-4-11(10)9-19/h1-7H,8-9H2,(H,18,20). The van der Waals surface area contributed by atoms with E-state index in [1.54, 1.807) is 23.1 Å². The number of hydrogen-bond donors (Lipinski definition) is 1. The molecule has 5 heteroatoms. The van der Waals surface area contributed by atoms with Gasteiger partial charge in [-0.2, -0.15) is 0 Å². The summed E-state index contributed by atoms with van der Waals surface area (Å²) in [5.41, 5.74) is 2.94. The number of nitrogens with one attached hydrogen (secondary N) is 1. The Morgan fingerprint density at radius 2 is 1.70 bits per heavy atom. The summed E-state index contributed by atoms with van der Waals surface area (Å²) in [6, 6.07) is 12.9. The van der Waals surface area contributed by atoms with Gasteiger partial charge in [-0.1, -0.05) is 47.5 Å². The third-order valence-electron chi connectivity index (χ3n) is 3.30. The van der Waals surface area contributed by atoms with Gasteiger partial charge in [0.1, 0.15) is 0 Å². The smallest absolute Gasteiger partial charge is 0.316 e. The topological polar surface area (TPSA) is 32.3 Å². The minimum absolute atomic E-state index is 0.162. The molecule has 1 heterocycles. The number of anilines is 1. The zero-order valence-corrected chi connectivity index (χ0v) is 12.1. The Labute approximate surface area is 127 Å². The summed E-state index contributed by atoms with van der Waals surface area (Å²) in [4.78, 5) is 14.0. The molecule has 3 nitrogen and oxygen atoms in total. The molecule has 1 aliphatic rings. The molecule has 0 saturated carbocycles. The SMILES string of the molecule is O=C(Nc1ccc(Cl)cc1Cl)N1Cc2ccccc2C1. The Balaban J connectivity index is 1.72. The lowest BCUT2D eigenvalue weighted by molar-refractivity contribution is 0.212. The Bertz CT molecular complexity index is 648. The first-order valence-corrected chi connectivity index (χ1v) is 6.97. The van der Waals surface area contributed by atoms with Crippen LogP contribution in [0.15, 0.2) is 42.5 Å². The highest BCUT2D eigenvalue weighted by Gasteiger charge is 2.23. The number of hydrogen-bond acceptors (Lipinski definition) is 1. The van der Waals surface area contributed by atoms with Crippen LogP contribution in [0, 0.1) is 0 Å². The van der Waals surface area contributed by atoms with Gasteiger partial charge in [0.2, 0.25) is 0 Å². The number of benzene rings is 2. The summed E-state index contributed by atoms with van der Waals surface area (Å²) in [5, 5.41) is 3.79. The van der Waals surface area contributed by atoms with Crippen molar-refractivity contribution >= 4 is 34.9 Å². The maximum absolute atomic E-state index is 12.2. The molecular formula is C15H12Cl2N2O. The van der Waals surface area contributed by atoms with E-state index in [-0.39, 0.29) is 6.03 Å². The minimum Gasteiger partial charge on any atom is -0.316 e. The molecule has 20 heavy (non-hydrogen) atoms. The molecule has 0 radical (unpaired) electrons. The van der Waals surface area contributed by atoms with Gasteiger partial charge in [0.25, 0.3) is 0 Å². The summed E-state index contributed by atoms with van der Waals surface area (Å²) in [6.07, 6.45) is 0. The fourth-order valence-electron chi connectivity index (χ4n) is 2.26. The Morgan fingerprint density at radius 3 is 2.30 bits per heavy atom. The Morgan fingerprint density at radius 1 is 1.05 bits per heavy atom. The number of carbonyl (C=O) groups is 1. The van der Waals surface area contributed by atoms with E-state index in [4.69, 9.17) is 23.2 Å². The molecule has 3 rings (SSSR count). The third-order valence-corrected chi connectivity index (χ3v) is 3.85. The van der Waals surface area contributed by atoms with Crippen molar-refractivity contribution in [3.63, 3.8) is 0 Å². The molecule has 2 aromatic carbocycles.